The Morgan fingerprint density at radius 3 is 2.20 bits per heavy atom. The van der Waals surface area contributed by atoms with Crippen LogP contribution in [0.5, 0.6) is 17.2 Å². The van der Waals surface area contributed by atoms with Crippen molar-refractivity contribution in [3.05, 3.63) is 124 Å². The molecule has 232 valence electrons. The van der Waals surface area contributed by atoms with E-state index in [4.69, 9.17) is 21.1 Å². The van der Waals surface area contributed by atoms with Crippen molar-refractivity contribution in [2.75, 3.05) is 13.2 Å². The van der Waals surface area contributed by atoms with Crippen molar-refractivity contribution >= 4 is 39.0 Å². The van der Waals surface area contributed by atoms with E-state index in [1.807, 2.05) is 73.2 Å². The van der Waals surface area contributed by atoms with Gasteiger partial charge in [-0.3, -0.25) is 9.59 Å². The van der Waals surface area contributed by atoms with Gasteiger partial charge in [0.1, 0.15) is 17.2 Å². The zero-order chi connectivity index (χ0) is 32.0. The summed E-state index contributed by atoms with van der Waals surface area (Å²) in [4.78, 5) is 25.8. The van der Waals surface area contributed by atoms with E-state index in [0.717, 1.165) is 38.6 Å². The smallest absolute Gasteiger partial charge is 0.264 e. The molecule has 0 aromatic heterocycles. The molecule has 0 unspecified atom stereocenters. The van der Waals surface area contributed by atoms with Crippen molar-refractivity contribution in [1.29, 1.82) is 0 Å². The number of carbonyl (C=O) groups excluding carboxylic acids is 2. The molecule has 0 atom stereocenters. The van der Waals surface area contributed by atoms with E-state index in [2.05, 4.69) is 5.32 Å². The predicted octanol–water partition coefficient (Wildman–Crippen LogP) is 6.54. The first-order valence-corrected chi connectivity index (χ1v) is 16.3. The number of allylic oxidation sites excluding steroid dienone is 1. The maximum absolute atomic E-state index is 13.3. The minimum atomic E-state index is -4.16. The molecule has 2 N–H and O–H groups in total. The van der Waals surface area contributed by atoms with Crippen LogP contribution in [0.3, 0.4) is 0 Å². The number of hydrogen-bond acceptors (Lipinski definition) is 6. The molecule has 0 fully saturated rings. The second-order valence-electron chi connectivity index (χ2n) is 10.7. The maximum Gasteiger partial charge on any atom is 0.264 e. The van der Waals surface area contributed by atoms with Gasteiger partial charge in [-0.15, -0.1) is 0 Å². The van der Waals surface area contributed by atoms with Gasteiger partial charge in [-0.2, -0.15) is 0 Å². The van der Waals surface area contributed by atoms with Crippen LogP contribution in [0.4, 0.5) is 0 Å². The van der Waals surface area contributed by atoms with Crippen molar-refractivity contribution in [1.82, 2.24) is 10.0 Å². The maximum atomic E-state index is 13.3. The van der Waals surface area contributed by atoms with Crippen LogP contribution in [0.25, 0.3) is 5.57 Å². The average Bonchev–Trinajstić information content (AvgIpc) is 3.40. The van der Waals surface area contributed by atoms with E-state index in [0.29, 0.717) is 42.9 Å². The number of para-hydroxylation sites is 1. The molecule has 1 aliphatic rings. The Balaban J connectivity index is 1.17. The highest BCUT2D eigenvalue weighted by molar-refractivity contribution is 7.90. The number of ether oxygens (including phenoxy) is 2. The highest BCUT2D eigenvalue weighted by atomic mass is 35.5. The van der Waals surface area contributed by atoms with E-state index < -0.39 is 28.4 Å². The van der Waals surface area contributed by atoms with Crippen LogP contribution < -0.4 is 19.5 Å². The topological polar surface area (TPSA) is 111 Å². The summed E-state index contributed by atoms with van der Waals surface area (Å²) in [7, 11) is -4.16. The molecule has 8 nitrogen and oxygen atoms in total. The van der Waals surface area contributed by atoms with Gasteiger partial charge in [0.15, 0.2) is 0 Å². The lowest BCUT2D eigenvalue weighted by Gasteiger charge is -2.12. The van der Waals surface area contributed by atoms with Crippen molar-refractivity contribution in [3.8, 4) is 17.2 Å². The Morgan fingerprint density at radius 1 is 0.844 bits per heavy atom. The van der Waals surface area contributed by atoms with Crippen molar-refractivity contribution in [2.24, 2.45) is 0 Å². The van der Waals surface area contributed by atoms with Gasteiger partial charge in [0.25, 0.3) is 15.9 Å². The lowest BCUT2D eigenvalue weighted by atomic mass is 10.0. The molecule has 0 saturated heterocycles. The van der Waals surface area contributed by atoms with Gasteiger partial charge in [0, 0.05) is 17.0 Å². The fourth-order valence-electron chi connectivity index (χ4n) is 5.18. The lowest BCUT2D eigenvalue weighted by molar-refractivity contribution is -0.123. The molecule has 0 aliphatic heterocycles. The molecule has 0 heterocycles. The molecule has 2 amide bonds. The van der Waals surface area contributed by atoms with Gasteiger partial charge in [0.05, 0.1) is 18.0 Å². The molecule has 0 saturated carbocycles. The Hall–Kier alpha value is -4.60. The highest BCUT2D eigenvalue weighted by Crippen LogP contribution is 2.36. The Kier molecular flexibility index (Phi) is 9.90. The largest absolute Gasteiger partial charge is 0.494 e. The van der Waals surface area contributed by atoms with Crippen LogP contribution in [0.2, 0.25) is 5.02 Å². The van der Waals surface area contributed by atoms with E-state index in [1.54, 1.807) is 12.1 Å². The fourth-order valence-corrected chi connectivity index (χ4v) is 6.28. The molecule has 10 heteroatoms. The normalized spacial score (nSPS) is 12.4. The average molecular weight is 645 g/mol. The SMILES string of the molecule is Cc1cc(OCCCC2=C(C(=O)NCC(=O)NS(=O)(=O)c3ccc(Oc4ccccc4)cc3)Cc3ccccc32)cc(C)c1Cl. The van der Waals surface area contributed by atoms with E-state index in [1.165, 1.54) is 24.3 Å². The monoisotopic (exact) mass is 644 g/mol. The minimum Gasteiger partial charge on any atom is -0.494 e. The zero-order valence-electron chi connectivity index (χ0n) is 24.9. The van der Waals surface area contributed by atoms with Gasteiger partial charge >= 0.3 is 0 Å². The number of carbonyl (C=O) groups is 2. The molecule has 1 aliphatic carbocycles. The number of halogens is 1. The van der Waals surface area contributed by atoms with Crippen LogP contribution in [-0.2, 0) is 26.0 Å². The summed E-state index contributed by atoms with van der Waals surface area (Å²) in [5.41, 5.74) is 5.35. The number of hydrogen-bond donors (Lipinski definition) is 2. The molecule has 4 aromatic carbocycles. The zero-order valence-corrected chi connectivity index (χ0v) is 26.5. The molecule has 0 spiro atoms. The van der Waals surface area contributed by atoms with Crippen LogP contribution in [0.15, 0.2) is 101 Å². The molecule has 4 aromatic rings. The van der Waals surface area contributed by atoms with Gasteiger partial charge in [0.2, 0.25) is 5.91 Å². The number of amides is 2. The van der Waals surface area contributed by atoms with Crippen LogP contribution in [-0.4, -0.2) is 33.4 Å². The third-order valence-electron chi connectivity index (χ3n) is 7.37. The number of benzene rings is 4. The number of sulfonamides is 1. The standard InChI is InChI=1S/C35H33ClN2O6S/c1-23-19-28(20-24(2)34(23)36)43-18-8-13-31-30-12-7-6-9-25(30)21-32(31)35(40)37-22-33(39)38-45(41,42)29-16-14-27(15-17-29)44-26-10-4-3-5-11-26/h3-7,9-12,14-17,19-20H,8,13,18,21-22H2,1-2H3,(H,37,40)(H,38,39). The van der Waals surface area contributed by atoms with E-state index in [-0.39, 0.29) is 4.90 Å². The van der Waals surface area contributed by atoms with Gasteiger partial charge in [-0.05, 0) is 103 Å². The van der Waals surface area contributed by atoms with Gasteiger partial charge in [-0.25, -0.2) is 13.1 Å². The second kappa shape index (κ2) is 14.0. The van der Waals surface area contributed by atoms with Crippen molar-refractivity contribution < 1.29 is 27.5 Å². The summed E-state index contributed by atoms with van der Waals surface area (Å²) in [5, 5.41) is 3.32. The lowest BCUT2D eigenvalue weighted by Crippen LogP contribution is -2.40. The molecule has 45 heavy (non-hydrogen) atoms. The summed E-state index contributed by atoms with van der Waals surface area (Å²) in [5.74, 6) is 0.526. The van der Waals surface area contributed by atoms with Gasteiger partial charge in [-0.1, -0.05) is 54.1 Å². The molecule has 5 rings (SSSR count). The summed E-state index contributed by atoms with van der Waals surface area (Å²) in [6.07, 6.45) is 1.68. The summed E-state index contributed by atoms with van der Waals surface area (Å²) in [6.45, 7) is 3.81. The molecule has 0 radical (unpaired) electrons. The van der Waals surface area contributed by atoms with Gasteiger partial charge < -0.3 is 14.8 Å². The second-order valence-corrected chi connectivity index (χ2v) is 12.8. The molecular weight excluding hydrogens is 612 g/mol. The molecular formula is C35H33ClN2O6S. The fraction of sp³-hybridized carbons (Fsp3) is 0.200. The third-order valence-corrected chi connectivity index (χ3v) is 9.35. The Labute approximate surface area is 268 Å². The highest BCUT2D eigenvalue weighted by Gasteiger charge is 2.26. The quantitative estimate of drug-likeness (QED) is 0.170. The number of fused-ring (bicyclic) bond motifs is 1. The molecule has 0 bridgehead atoms. The van der Waals surface area contributed by atoms with Crippen LogP contribution in [0, 0.1) is 13.8 Å². The predicted molar refractivity (Wildman–Crippen MR) is 174 cm³/mol. The van der Waals surface area contributed by atoms with Crippen molar-refractivity contribution in [3.63, 3.8) is 0 Å². The summed E-state index contributed by atoms with van der Waals surface area (Å²) < 4.78 is 39.3. The Bertz CT molecular complexity index is 1830. The minimum absolute atomic E-state index is 0.107. The number of nitrogens with one attached hydrogen (secondary N) is 2. The first kappa shape index (κ1) is 31.8. The third kappa shape index (κ3) is 7.92. The van der Waals surface area contributed by atoms with E-state index in [9.17, 15) is 18.0 Å². The van der Waals surface area contributed by atoms with Crippen molar-refractivity contribution in [2.45, 2.75) is 38.0 Å². The van der Waals surface area contributed by atoms with Crippen LogP contribution >= 0.6 is 11.6 Å². The van der Waals surface area contributed by atoms with E-state index >= 15 is 0 Å². The first-order valence-electron chi connectivity index (χ1n) is 14.5. The Morgan fingerprint density at radius 2 is 1.49 bits per heavy atom. The summed E-state index contributed by atoms with van der Waals surface area (Å²) in [6, 6.07) is 26.4. The number of aryl methyl sites for hydroxylation is 2. The number of rotatable bonds is 12. The van der Waals surface area contributed by atoms with Crippen LogP contribution in [0.1, 0.15) is 35.1 Å². The summed E-state index contributed by atoms with van der Waals surface area (Å²) >= 11 is 6.26. The first-order chi connectivity index (χ1) is 21.6.